The summed E-state index contributed by atoms with van der Waals surface area (Å²) in [5.41, 5.74) is 0.130. The van der Waals surface area contributed by atoms with Gasteiger partial charge in [0.1, 0.15) is 6.10 Å². The molecule has 0 N–H and O–H groups in total. The Kier molecular flexibility index (Phi) is 10.7. The second-order valence-corrected chi connectivity index (χ2v) is 15.5. The van der Waals surface area contributed by atoms with Crippen molar-refractivity contribution in [2.24, 2.45) is 5.41 Å². The van der Waals surface area contributed by atoms with Crippen molar-refractivity contribution < 1.29 is 9.16 Å². The van der Waals surface area contributed by atoms with Gasteiger partial charge in [0.15, 0.2) is 8.32 Å². The van der Waals surface area contributed by atoms with Crippen LogP contribution in [0.15, 0.2) is 0 Å². The quantitative estimate of drug-likeness (QED) is 0.238. The maximum absolute atomic E-state index is 6.24. The predicted molar refractivity (Wildman–Crippen MR) is 117 cm³/mol. The molecule has 0 heterocycles. The SMILES string of the molecule is CSC(=S)OC(CCCCCCO[Si](C)(C)C(C)(C)C)C(C)(C)C. The van der Waals surface area contributed by atoms with Gasteiger partial charge in [-0.1, -0.05) is 66.1 Å². The Morgan fingerprint density at radius 3 is 2.00 bits per heavy atom. The van der Waals surface area contributed by atoms with E-state index < -0.39 is 8.32 Å². The summed E-state index contributed by atoms with van der Waals surface area (Å²) in [7, 11) is -1.58. The topological polar surface area (TPSA) is 18.5 Å². The molecule has 144 valence electrons. The Hall–Kier alpha value is 0.417. The molecule has 0 aliphatic carbocycles. The number of thiocarbonyl (C=S) groups is 1. The third-order valence-corrected chi connectivity index (χ3v) is 10.6. The van der Waals surface area contributed by atoms with E-state index in [-0.39, 0.29) is 11.5 Å². The van der Waals surface area contributed by atoms with Crippen LogP contribution < -0.4 is 0 Å². The van der Waals surface area contributed by atoms with Gasteiger partial charge in [-0.15, -0.1) is 0 Å². The fourth-order valence-corrected chi connectivity index (χ4v) is 3.58. The zero-order valence-corrected chi connectivity index (χ0v) is 20.1. The van der Waals surface area contributed by atoms with Gasteiger partial charge in [0.05, 0.1) is 0 Å². The molecule has 0 bridgehead atoms. The van der Waals surface area contributed by atoms with Crippen molar-refractivity contribution in [3.05, 3.63) is 0 Å². The van der Waals surface area contributed by atoms with Gasteiger partial charge in [-0.25, -0.2) is 0 Å². The van der Waals surface area contributed by atoms with Crippen LogP contribution in [0.4, 0.5) is 0 Å². The third kappa shape index (κ3) is 9.78. The Balaban J connectivity index is 4.01. The van der Waals surface area contributed by atoms with Gasteiger partial charge in [0, 0.05) is 6.61 Å². The Morgan fingerprint density at radius 2 is 1.54 bits per heavy atom. The summed E-state index contributed by atoms with van der Waals surface area (Å²) < 4.78 is 12.9. The molecule has 2 nitrogen and oxygen atoms in total. The number of ether oxygens (including phenoxy) is 1. The normalized spacial score (nSPS) is 14.5. The van der Waals surface area contributed by atoms with Gasteiger partial charge < -0.3 is 9.16 Å². The van der Waals surface area contributed by atoms with Crippen molar-refractivity contribution in [3.8, 4) is 0 Å². The second-order valence-electron chi connectivity index (χ2n) is 9.24. The lowest BCUT2D eigenvalue weighted by Crippen LogP contribution is -2.40. The Bertz CT molecular complexity index is 371. The van der Waals surface area contributed by atoms with E-state index in [0.717, 1.165) is 19.4 Å². The van der Waals surface area contributed by atoms with E-state index in [9.17, 15) is 0 Å². The van der Waals surface area contributed by atoms with Gasteiger partial charge >= 0.3 is 0 Å². The molecule has 0 spiro atoms. The van der Waals surface area contributed by atoms with Gasteiger partial charge in [0.25, 0.3) is 0 Å². The van der Waals surface area contributed by atoms with Crippen LogP contribution in [0.1, 0.15) is 73.6 Å². The minimum atomic E-state index is -1.58. The zero-order valence-electron chi connectivity index (χ0n) is 17.5. The van der Waals surface area contributed by atoms with Crippen LogP contribution >= 0.6 is 24.0 Å². The number of hydrogen-bond acceptors (Lipinski definition) is 4. The number of unbranched alkanes of at least 4 members (excludes halogenated alkanes) is 3. The van der Waals surface area contributed by atoms with Crippen molar-refractivity contribution >= 4 is 36.7 Å². The molecule has 0 saturated heterocycles. The zero-order chi connectivity index (χ0) is 19.0. The van der Waals surface area contributed by atoms with Crippen LogP contribution in [0.2, 0.25) is 18.1 Å². The van der Waals surface area contributed by atoms with Gasteiger partial charge in [-0.05, 0) is 61.3 Å². The van der Waals surface area contributed by atoms with E-state index >= 15 is 0 Å². The summed E-state index contributed by atoms with van der Waals surface area (Å²) in [5.74, 6) is 0. The smallest absolute Gasteiger partial charge is 0.219 e. The molecule has 0 aromatic heterocycles. The molecule has 1 unspecified atom stereocenters. The Morgan fingerprint density at radius 1 is 1.00 bits per heavy atom. The van der Waals surface area contributed by atoms with Crippen LogP contribution in [0.25, 0.3) is 0 Å². The molecule has 24 heavy (non-hydrogen) atoms. The molecule has 0 radical (unpaired) electrons. The highest BCUT2D eigenvalue weighted by Gasteiger charge is 2.36. The Labute approximate surface area is 162 Å². The summed E-state index contributed by atoms with van der Waals surface area (Å²) in [6.45, 7) is 19.1. The molecule has 5 heteroatoms. The van der Waals surface area contributed by atoms with E-state index in [1.54, 1.807) is 0 Å². The lowest BCUT2D eigenvalue weighted by molar-refractivity contribution is 0.0728. The summed E-state index contributed by atoms with van der Waals surface area (Å²) in [6, 6.07) is 0. The fourth-order valence-electron chi connectivity index (χ4n) is 2.16. The van der Waals surface area contributed by atoms with Crippen molar-refractivity contribution in [2.75, 3.05) is 12.9 Å². The fraction of sp³-hybridized carbons (Fsp3) is 0.947. The molecule has 0 fully saturated rings. The highest BCUT2D eigenvalue weighted by Crippen LogP contribution is 2.36. The molecule has 0 saturated carbocycles. The monoisotopic (exact) mass is 392 g/mol. The molecule has 0 aromatic carbocycles. The molecule has 0 rings (SSSR count). The lowest BCUT2D eigenvalue weighted by Gasteiger charge is -2.36. The molecular formula is C19H40O2S2Si. The number of rotatable bonds is 9. The molecule has 0 amide bonds. The van der Waals surface area contributed by atoms with Crippen molar-refractivity contribution in [1.29, 1.82) is 0 Å². The molecule has 0 aromatic rings. The average Bonchev–Trinajstić information content (AvgIpc) is 2.42. The van der Waals surface area contributed by atoms with Crippen LogP contribution in [0.5, 0.6) is 0 Å². The lowest BCUT2D eigenvalue weighted by atomic mass is 9.86. The average molecular weight is 393 g/mol. The van der Waals surface area contributed by atoms with E-state index in [4.69, 9.17) is 21.4 Å². The van der Waals surface area contributed by atoms with E-state index in [1.807, 2.05) is 6.26 Å². The largest absolute Gasteiger partial charge is 0.475 e. The summed E-state index contributed by atoms with van der Waals surface area (Å²) in [4.78, 5) is 0. The van der Waals surface area contributed by atoms with E-state index in [2.05, 4.69) is 54.6 Å². The molecule has 0 aliphatic rings. The first-order valence-electron chi connectivity index (χ1n) is 9.20. The number of thioether (sulfide) groups is 1. The van der Waals surface area contributed by atoms with Crippen LogP contribution in [0.3, 0.4) is 0 Å². The van der Waals surface area contributed by atoms with Crippen LogP contribution in [-0.2, 0) is 9.16 Å². The standard InChI is InChI=1S/C19H40O2S2Si/c1-18(2,3)16(21-17(22)23-7)14-12-10-11-13-15-20-24(8,9)19(4,5)6/h16H,10-15H2,1-9H3. The van der Waals surface area contributed by atoms with E-state index in [0.29, 0.717) is 9.42 Å². The second kappa shape index (κ2) is 10.5. The van der Waals surface area contributed by atoms with Gasteiger partial charge in [0.2, 0.25) is 4.38 Å². The van der Waals surface area contributed by atoms with Crippen molar-refractivity contribution in [2.45, 2.75) is 97.9 Å². The van der Waals surface area contributed by atoms with Gasteiger partial charge in [-0.2, -0.15) is 0 Å². The third-order valence-electron chi connectivity index (χ3n) is 5.00. The molecule has 0 aliphatic heterocycles. The maximum Gasteiger partial charge on any atom is 0.219 e. The predicted octanol–water partition coefficient (Wildman–Crippen LogP) is 7.04. The highest BCUT2D eigenvalue weighted by molar-refractivity contribution is 8.22. The van der Waals surface area contributed by atoms with Crippen molar-refractivity contribution in [3.63, 3.8) is 0 Å². The van der Waals surface area contributed by atoms with Gasteiger partial charge in [-0.3, -0.25) is 0 Å². The first kappa shape index (κ1) is 24.4. The van der Waals surface area contributed by atoms with Crippen LogP contribution in [0, 0.1) is 5.41 Å². The van der Waals surface area contributed by atoms with E-state index in [1.165, 1.54) is 31.0 Å². The number of hydrogen-bond donors (Lipinski definition) is 0. The molecule has 1 atom stereocenters. The van der Waals surface area contributed by atoms with Crippen LogP contribution in [-0.4, -0.2) is 31.7 Å². The summed E-state index contributed by atoms with van der Waals surface area (Å²) in [5, 5.41) is 0.306. The van der Waals surface area contributed by atoms with Crippen molar-refractivity contribution in [1.82, 2.24) is 0 Å². The first-order chi connectivity index (χ1) is 10.8. The summed E-state index contributed by atoms with van der Waals surface area (Å²) in [6.07, 6.45) is 8.09. The first-order valence-corrected chi connectivity index (χ1v) is 13.7. The maximum atomic E-state index is 6.24. The minimum absolute atomic E-state index is 0.130. The highest BCUT2D eigenvalue weighted by atomic mass is 32.2. The minimum Gasteiger partial charge on any atom is -0.475 e. The molecular weight excluding hydrogens is 352 g/mol. The summed E-state index contributed by atoms with van der Waals surface area (Å²) >= 11 is 6.75.